The Balaban J connectivity index is 1.51. The van der Waals surface area contributed by atoms with E-state index < -0.39 is 0 Å². The number of halogens is 2. The molecule has 0 spiro atoms. The number of carbonyl (C=O) groups excluding carboxylic acids is 2. The summed E-state index contributed by atoms with van der Waals surface area (Å²) in [5, 5.41) is 6.61. The number of hydrogen-bond donors (Lipinski definition) is 2. The zero-order valence-corrected chi connectivity index (χ0v) is 18.6. The van der Waals surface area contributed by atoms with Gasteiger partial charge in [-0.25, -0.2) is 4.79 Å². The first-order valence-electron chi connectivity index (χ1n) is 10.4. The second-order valence-electron chi connectivity index (χ2n) is 7.56. The summed E-state index contributed by atoms with van der Waals surface area (Å²) in [6.07, 6.45) is 4.23. The molecule has 2 N–H and O–H groups in total. The molecule has 1 heterocycles. The van der Waals surface area contributed by atoms with E-state index in [1.54, 1.807) is 23.1 Å². The minimum Gasteiger partial charge on any atom is -0.326 e. The molecule has 0 unspecified atom stereocenters. The van der Waals surface area contributed by atoms with Crippen LogP contribution in [0.1, 0.15) is 50.5 Å². The maximum absolute atomic E-state index is 12.6. The van der Waals surface area contributed by atoms with E-state index in [2.05, 4.69) is 29.7 Å². The lowest BCUT2D eigenvalue weighted by molar-refractivity contribution is -0.116. The maximum Gasteiger partial charge on any atom is 0.321 e. The molecule has 2 aromatic carbocycles. The number of nitrogens with zero attached hydrogens (tertiary/aromatic N) is 1. The summed E-state index contributed by atoms with van der Waals surface area (Å²) in [4.78, 5) is 26.2. The molecule has 30 heavy (non-hydrogen) atoms. The van der Waals surface area contributed by atoms with Crippen molar-refractivity contribution in [3.63, 3.8) is 0 Å². The largest absolute Gasteiger partial charge is 0.326 e. The molecule has 2 aromatic rings. The predicted molar refractivity (Wildman–Crippen MR) is 124 cm³/mol. The van der Waals surface area contributed by atoms with E-state index >= 15 is 0 Å². The number of rotatable bonds is 6. The third kappa shape index (κ3) is 5.89. The Labute approximate surface area is 187 Å². The van der Waals surface area contributed by atoms with E-state index in [0.717, 1.165) is 31.4 Å². The Morgan fingerprint density at radius 2 is 1.63 bits per heavy atom. The van der Waals surface area contributed by atoms with Crippen LogP contribution < -0.4 is 10.6 Å². The summed E-state index contributed by atoms with van der Waals surface area (Å²) in [6, 6.07) is 13.0. The topological polar surface area (TPSA) is 61.4 Å². The van der Waals surface area contributed by atoms with Crippen LogP contribution in [0, 0.1) is 0 Å². The van der Waals surface area contributed by atoms with Gasteiger partial charge in [-0.3, -0.25) is 4.79 Å². The number of carbonyl (C=O) groups is 2. The molecule has 0 saturated carbocycles. The van der Waals surface area contributed by atoms with Crippen molar-refractivity contribution in [3.05, 3.63) is 58.1 Å². The van der Waals surface area contributed by atoms with E-state index in [0.29, 0.717) is 41.2 Å². The van der Waals surface area contributed by atoms with Crippen LogP contribution in [0.2, 0.25) is 10.0 Å². The number of piperidine rings is 1. The highest BCUT2D eigenvalue weighted by atomic mass is 35.5. The highest BCUT2D eigenvalue weighted by Crippen LogP contribution is 2.32. The Morgan fingerprint density at radius 1 is 1.00 bits per heavy atom. The highest BCUT2D eigenvalue weighted by Gasteiger charge is 2.24. The van der Waals surface area contributed by atoms with Gasteiger partial charge in [0.25, 0.3) is 0 Å². The van der Waals surface area contributed by atoms with E-state index in [4.69, 9.17) is 23.2 Å². The number of anilines is 2. The number of nitrogens with one attached hydrogen (secondary N) is 2. The molecule has 0 radical (unpaired) electrons. The fourth-order valence-electron chi connectivity index (χ4n) is 3.62. The average Bonchev–Trinajstić information content (AvgIpc) is 2.75. The summed E-state index contributed by atoms with van der Waals surface area (Å²) < 4.78 is 0. The minimum atomic E-state index is -0.186. The fraction of sp³-hybridized carbons (Fsp3) is 0.391. The van der Waals surface area contributed by atoms with Crippen molar-refractivity contribution in [2.45, 2.75) is 44.9 Å². The van der Waals surface area contributed by atoms with Gasteiger partial charge in [0.2, 0.25) is 5.91 Å². The lowest BCUT2D eigenvalue weighted by Gasteiger charge is -2.32. The summed E-state index contributed by atoms with van der Waals surface area (Å²) in [5.74, 6) is 0.449. The lowest BCUT2D eigenvalue weighted by Crippen LogP contribution is -2.40. The van der Waals surface area contributed by atoms with Crippen molar-refractivity contribution in [3.8, 4) is 0 Å². The Morgan fingerprint density at radius 3 is 2.23 bits per heavy atom. The molecular formula is C23H27Cl2N3O2. The van der Waals surface area contributed by atoms with Crippen molar-refractivity contribution in [2.24, 2.45) is 0 Å². The van der Waals surface area contributed by atoms with Gasteiger partial charge in [-0.2, -0.15) is 0 Å². The third-order valence-electron chi connectivity index (χ3n) is 5.40. The summed E-state index contributed by atoms with van der Waals surface area (Å²) in [6.45, 7) is 3.39. The molecule has 1 aliphatic rings. The molecule has 1 aliphatic heterocycles. The van der Waals surface area contributed by atoms with Gasteiger partial charge in [0, 0.05) is 25.2 Å². The molecule has 0 bridgehead atoms. The van der Waals surface area contributed by atoms with Gasteiger partial charge in [-0.15, -0.1) is 0 Å². The number of urea groups is 1. The first-order valence-corrected chi connectivity index (χ1v) is 11.1. The fourth-order valence-corrected chi connectivity index (χ4v) is 4.11. The van der Waals surface area contributed by atoms with E-state index in [1.807, 2.05) is 12.1 Å². The summed E-state index contributed by atoms with van der Waals surface area (Å²) in [7, 11) is 0. The first-order chi connectivity index (χ1) is 14.5. The SMILES string of the molecule is CCCCC(=O)Nc1ccc(C2CCN(C(=O)Nc3c(Cl)cccc3Cl)CC2)cc1. The molecule has 1 saturated heterocycles. The number of hydrogen-bond acceptors (Lipinski definition) is 2. The van der Waals surface area contributed by atoms with Crippen molar-refractivity contribution in [1.29, 1.82) is 0 Å². The number of likely N-dealkylation sites (tertiary alicyclic amines) is 1. The van der Waals surface area contributed by atoms with Crippen LogP contribution in [-0.2, 0) is 4.79 Å². The number of amides is 3. The van der Waals surface area contributed by atoms with Crippen molar-refractivity contribution < 1.29 is 9.59 Å². The van der Waals surface area contributed by atoms with Gasteiger partial charge in [0.05, 0.1) is 15.7 Å². The Kier molecular flexibility index (Phi) is 8.00. The van der Waals surface area contributed by atoms with Gasteiger partial charge >= 0.3 is 6.03 Å². The molecule has 0 aliphatic carbocycles. The van der Waals surface area contributed by atoms with Crippen molar-refractivity contribution >= 4 is 46.5 Å². The monoisotopic (exact) mass is 447 g/mol. The van der Waals surface area contributed by atoms with Crippen molar-refractivity contribution in [2.75, 3.05) is 23.7 Å². The van der Waals surface area contributed by atoms with Crippen LogP contribution in [0.4, 0.5) is 16.2 Å². The second-order valence-corrected chi connectivity index (χ2v) is 8.38. The number of benzene rings is 2. The van der Waals surface area contributed by atoms with Crippen LogP contribution in [0.3, 0.4) is 0 Å². The Hall–Kier alpha value is -2.24. The molecular weight excluding hydrogens is 421 g/mol. The second kappa shape index (κ2) is 10.7. The van der Waals surface area contributed by atoms with Crippen LogP contribution in [0.5, 0.6) is 0 Å². The molecule has 5 nitrogen and oxygen atoms in total. The molecule has 3 rings (SSSR count). The molecule has 7 heteroatoms. The van der Waals surface area contributed by atoms with Gasteiger partial charge in [-0.1, -0.05) is 54.7 Å². The maximum atomic E-state index is 12.6. The smallest absolute Gasteiger partial charge is 0.321 e. The number of para-hydroxylation sites is 1. The van der Waals surface area contributed by atoms with Crippen molar-refractivity contribution in [1.82, 2.24) is 4.90 Å². The highest BCUT2D eigenvalue weighted by molar-refractivity contribution is 6.39. The molecule has 0 aromatic heterocycles. The summed E-state index contributed by atoms with van der Waals surface area (Å²) >= 11 is 12.3. The zero-order chi connectivity index (χ0) is 21.5. The first kappa shape index (κ1) is 22.4. The van der Waals surface area contributed by atoms with E-state index in [9.17, 15) is 9.59 Å². The van der Waals surface area contributed by atoms with Crippen LogP contribution in [0.15, 0.2) is 42.5 Å². The van der Waals surface area contributed by atoms with Crippen LogP contribution in [0.25, 0.3) is 0 Å². The molecule has 0 atom stereocenters. The normalized spacial score (nSPS) is 14.4. The van der Waals surface area contributed by atoms with E-state index in [1.165, 1.54) is 5.56 Å². The van der Waals surface area contributed by atoms with Crippen LogP contribution >= 0.6 is 23.2 Å². The van der Waals surface area contributed by atoms with Crippen LogP contribution in [-0.4, -0.2) is 29.9 Å². The van der Waals surface area contributed by atoms with Gasteiger partial charge in [-0.05, 0) is 55.0 Å². The van der Waals surface area contributed by atoms with Gasteiger partial charge in [0.1, 0.15) is 0 Å². The molecule has 160 valence electrons. The average molecular weight is 448 g/mol. The minimum absolute atomic E-state index is 0.0579. The predicted octanol–water partition coefficient (Wildman–Crippen LogP) is 6.53. The lowest BCUT2D eigenvalue weighted by atomic mass is 9.89. The number of unbranched alkanes of at least 4 members (excludes halogenated alkanes) is 1. The zero-order valence-electron chi connectivity index (χ0n) is 17.1. The summed E-state index contributed by atoms with van der Waals surface area (Å²) in [5.41, 5.74) is 2.51. The third-order valence-corrected chi connectivity index (χ3v) is 6.03. The Bertz CT molecular complexity index is 858. The molecule has 3 amide bonds. The van der Waals surface area contributed by atoms with Gasteiger partial charge < -0.3 is 15.5 Å². The molecule has 1 fully saturated rings. The quantitative estimate of drug-likeness (QED) is 0.528. The standard InChI is InChI=1S/C23H27Cl2N3O2/c1-2-3-7-21(29)26-18-10-8-16(9-11-18)17-12-14-28(15-13-17)23(30)27-22-19(24)5-4-6-20(22)25/h4-6,8-11,17H,2-3,7,12-15H2,1H3,(H,26,29)(H,27,30). The van der Waals surface area contributed by atoms with Gasteiger partial charge in [0.15, 0.2) is 0 Å². The van der Waals surface area contributed by atoms with E-state index in [-0.39, 0.29) is 11.9 Å².